The van der Waals surface area contributed by atoms with Crippen molar-refractivity contribution in [1.29, 1.82) is 0 Å². The zero-order valence-electron chi connectivity index (χ0n) is 37.1. The Kier molecular flexibility index (Phi) is 33.8. The average molecular weight is 1030 g/mol. The van der Waals surface area contributed by atoms with E-state index in [0.717, 1.165) is 73.6 Å². The van der Waals surface area contributed by atoms with Crippen molar-refractivity contribution in [2.75, 3.05) is 0 Å². The normalized spacial score (nSPS) is 10.0. The maximum Gasteiger partial charge on any atom is 0.0715 e. The summed E-state index contributed by atoms with van der Waals surface area (Å²) >= 11 is 0. The molecule has 0 aliphatic carbocycles. The molecule has 0 aliphatic rings. The summed E-state index contributed by atoms with van der Waals surface area (Å²) in [4.78, 5) is 42.5. The number of carboxylic acid groups (broad SMARTS) is 4. The Labute approximate surface area is 386 Å². The zero-order valence-corrected chi connectivity index (χ0v) is 41.0. The Hall–Kier alpha value is -4.32. The minimum atomic E-state index is -1.09. The molecule has 0 unspecified atom stereocenters. The Morgan fingerprint density at radius 1 is 0.328 bits per heavy atom. The number of unbranched alkanes of at least 4 members (excludes halogenated alkanes) is 12. The molecule has 4 aromatic rings. The van der Waals surface area contributed by atoms with Crippen LogP contribution < -0.4 is 20.4 Å². The molecule has 0 bridgehead atoms. The minimum Gasteiger partial charge on any atom is -0.545 e. The van der Waals surface area contributed by atoms with Gasteiger partial charge in [-0.1, -0.05) is 178 Å². The van der Waals surface area contributed by atoms with Gasteiger partial charge in [0.2, 0.25) is 0 Å². The first-order valence-electron chi connectivity index (χ1n) is 22.2. The van der Waals surface area contributed by atoms with Gasteiger partial charge in [-0.25, -0.2) is 0 Å². The van der Waals surface area contributed by atoms with Crippen LogP contribution in [-0.4, -0.2) is 51.2 Å². The van der Waals surface area contributed by atoms with E-state index in [0.29, 0.717) is 0 Å². The summed E-state index contributed by atoms with van der Waals surface area (Å²) in [5, 5.41) is 42.5. The second-order valence-corrected chi connectivity index (χ2v) is 15.2. The predicted octanol–water partition coefficient (Wildman–Crippen LogP) is 8.31. The summed E-state index contributed by atoms with van der Waals surface area (Å²) in [5.41, 5.74) is 5.48. The molecule has 332 valence electrons. The number of rotatable bonds is 24. The molecule has 0 atom stereocenters. The number of aromatic carboxylic acids is 4. The number of carboxylic acids is 4. The van der Waals surface area contributed by atoms with E-state index in [4.69, 9.17) is 0 Å². The van der Waals surface area contributed by atoms with E-state index in [-0.39, 0.29) is 49.6 Å². The first kappa shape index (κ1) is 56.7. The zero-order chi connectivity index (χ0) is 44.4. The van der Waals surface area contributed by atoms with Crippen molar-refractivity contribution in [3.8, 4) is 0 Å². The fraction of sp³-hybridized carbons (Fsp3) is 0.462. The van der Waals surface area contributed by atoms with Gasteiger partial charge >= 0.3 is 0 Å². The van der Waals surface area contributed by atoms with Crippen LogP contribution in [0, 0.1) is 0 Å². The summed E-state index contributed by atoms with van der Waals surface area (Å²) in [6.07, 6.45) is 23.1. The van der Waals surface area contributed by atoms with Crippen LogP contribution in [0.25, 0.3) is 0 Å². The molecule has 4 rings (SSSR count). The van der Waals surface area contributed by atoms with E-state index in [1.54, 1.807) is 72.8 Å². The molecule has 9 heteroatoms. The summed E-state index contributed by atoms with van der Waals surface area (Å²) in [6.45, 7) is 8.71. The quantitative estimate of drug-likeness (QED) is 0.0501. The van der Waals surface area contributed by atoms with Crippen LogP contribution in [0.4, 0.5) is 0 Å². The van der Waals surface area contributed by atoms with Gasteiger partial charge in [0, 0.05) is 27.3 Å². The molecule has 0 fully saturated rings. The van der Waals surface area contributed by atoms with Gasteiger partial charge in [-0.2, -0.15) is 0 Å². The smallest absolute Gasteiger partial charge is 0.0715 e. The van der Waals surface area contributed by atoms with E-state index in [1.165, 1.54) is 77.0 Å². The second kappa shape index (κ2) is 36.3. The van der Waals surface area contributed by atoms with Gasteiger partial charge < -0.3 is 39.6 Å². The third-order valence-electron chi connectivity index (χ3n) is 9.93. The van der Waals surface area contributed by atoms with Crippen LogP contribution in [-0.2, 0) is 25.7 Å². The standard InChI is InChI=1S/4C13H18O2.Pb/c4*1-2-3-4-5-7-11-8-6-9-12(10-11)13(14)15;/h4*6,8-10H,2-5,7H2,1H3,(H,14,15);/p-4. The Bertz CT molecular complexity index is 1540. The molecule has 0 amide bonds. The van der Waals surface area contributed by atoms with Crippen molar-refractivity contribution in [2.45, 2.75) is 156 Å². The van der Waals surface area contributed by atoms with Crippen molar-refractivity contribution in [3.63, 3.8) is 0 Å². The average Bonchev–Trinajstić information content (AvgIpc) is 3.25. The van der Waals surface area contributed by atoms with Crippen LogP contribution in [0.3, 0.4) is 0 Å². The molecule has 0 N–H and O–H groups in total. The van der Waals surface area contributed by atoms with Crippen molar-refractivity contribution in [3.05, 3.63) is 142 Å². The number of aryl methyl sites for hydroxylation is 4. The van der Waals surface area contributed by atoms with Crippen LogP contribution >= 0.6 is 0 Å². The number of benzene rings is 4. The molecule has 8 nitrogen and oxygen atoms in total. The Morgan fingerprint density at radius 2 is 0.525 bits per heavy atom. The Morgan fingerprint density at radius 3 is 0.689 bits per heavy atom. The molecule has 0 saturated carbocycles. The van der Waals surface area contributed by atoms with Gasteiger partial charge in [-0.3, -0.25) is 0 Å². The third-order valence-corrected chi connectivity index (χ3v) is 9.93. The van der Waals surface area contributed by atoms with Crippen molar-refractivity contribution < 1.29 is 39.6 Å². The number of hydrogen-bond donors (Lipinski definition) is 0. The van der Waals surface area contributed by atoms with Gasteiger partial charge in [0.05, 0.1) is 23.9 Å². The molecule has 4 aromatic carbocycles. The fourth-order valence-corrected chi connectivity index (χ4v) is 6.44. The molecule has 4 radical (unpaired) electrons. The van der Waals surface area contributed by atoms with Gasteiger partial charge in [0.25, 0.3) is 0 Å². The first-order valence-corrected chi connectivity index (χ1v) is 22.2. The van der Waals surface area contributed by atoms with Crippen LogP contribution in [0.1, 0.15) is 194 Å². The van der Waals surface area contributed by atoms with E-state index < -0.39 is 23.9 Å². The van der Waals surface area contributed by atoms with E-state index in [1.807, 2.05) is 24.3 Å². The maximum atomic E-state index is 10.6. The van der Waals surface area contributed by atoms with E-state index in [9.17, 15) is 39.6 Å². The van der Waals surface area contributed by atoms with Gasteiger partial charge in [-0.15, -0.1) is 0 Å². The van der Waals surface area contributed by atoms with Crippen LogP contribution in [0.15, 0.2) is 97.1 Å². The number of carbonyl (C=O) groups excluding carboxylic acids is 4. The molecular formula is C52H68O8Pb-4. The van der Waals surface area contributed by atoms with Crippen molar-refractivity contribution in [1.82, 2.24) is 0 Å². The summed E-state index contributed by atoms with van der Waals surface area (Å²) in [5.74, 6) is -4.37. The molecule has 0 saturated heterocycles. The maximum absolute atomic E-state index is 10.6. The molecule has 61 heavy (non-hydrogen) atoms. The SMILES string of the molecule is CCCCCCc1cccc(C(=O)[O-])c1.CCCCCCc1cccc(C(=O)[O-])c1.CCCCCCc1cccc(C(=O)[O-])c1.CCCCCCc1cccc(C(=O)[O-])c1.[Pb]. The van der Waals surface area contributed by atoms with Crippen LogP contribution in [0.2, 0.25) is 0 Å². The summed E-state index contributed by atoms with van der Waals surface area (Å²) < 4.78 is 0. The second-order valence-electron chi connectivity index (χ2n) is 15.2. The summed E-state index contributed by atoms with van der Waals surface area (Å²) in [7, 11) is 0. The molecule has 0 aliphatic heterocycles. The monoisotopic (exact) mass is 1030 g/mol. The third kappa shape index (κ3) is 28.0. The predicted molar refractivity (Wildman–Crippen MR) is 240 cm³/mol. The molecule has 0 heterocycles. The van der Waals surface area contributed by atoms with Gasteiger partial charge in [-0.05, 0) is 120 Å². The van der Waals surface area contributed by atoms with Gasteiger partial charge in [0.15, 0.2) is 0 Å². The van der Waals surface area contributed by atoms with Gasteiger partial charge in [0.1, 0.15) is 0 Å². The van der Waals surface area contributed by atoms with E-state index >= 15 is 0 Å². The molecule has 0 aromatic heterocycles. The van der Waals surface area contributed by atoms with Crippen molar-refractivity contribution in [2.24, 2.45) is 0 Å². The fourth-order valence-electron chi connectivity index (χ4n) is 6.44. The first-order chi connectivity index (χ1) is 28.9. The largest absolute Gasteiger partial charge is 0.545 e. The molecular weight excluding hydrogens is 960 g/mol. The minimum absolute atomic E-state index is 0. The number of hydrogen-bond acceptors (Lipinski definition) is 8. The topological polar surface area (TPSA) is 161 Å². The van der Waals surface area contributed by atoms with Crippen molar-refractivity contribution >= 4 is 51.2 Å². The Balaban J connectivity index is 0.000000783. The molecule has 0 spiro atoms. The van der Waals surface area contributed by atoms with Crippen LogP contribution in [0.5, 0.6) is 0 Å². The number of carbonyl (C=O) groups is 4. The van der Waals surface area contributed by atoms with E-state index in [2.05, 4.69) is 27.7 Å². The summed E-state index contributed by atoms with van der Waals surface area (Å²) in [6, 6.07) is 28.1.